The molecule has 0 bridgehead atoms. The van der Waals surface area contributed by atoms with E-state index < -0.39 is 16.6 Å². The van der Waals surface area contributed by atoms with E-state index in [9.17, 15) is 9.90 Å². The summed E-state index contributed by atoms with van der Waals surface area (Å²) in [6.45, 7) is 5.56. The number of carbonyl (C=O) groups excluding carboxylic acids is 1. The van der Waals surface area contributed by atoms with Gasteiger partial charge in [-0.2, -0.15) is 0 Å². The van der Waals surface area contributed by atoms with Crippen molar-refractivity contribution in [3.63, 3.8) is 0 Å². The zero-order valence-electron chi connectivity index (χ0n) is 13.7. The van der Waals surface area contributed by atoms with Crippen LogP contribution < -0.4 is 0 Å². The van der Waals surface area contributed by atoms with Crippen molar-refractivity contribution in [1.29, 1.82) is 0 Å². The van der Waals surface area contributed by atoms with Crippen LogP contribution in [0.2, 0.25) is 0 Å². The van der Waals surface area contributed by atoms with E-state index in [4.69, 9.17) is 4.74 Å². The topological polar surface area (TPSA) is 46.5 Å². The van der Waals surface area contributed by atoms with Gasteiger partial charge in [0.15, 0.2) is 0 Å². The number of cyclic esters (lactones) is 1. The molecule has 120 valence electrons. The van der Waals surface area contributed by atoms with Gasteiger partial charge in [0.1, 0.15) is 16.6 Å². The lowest BCUT2D eigenvalue weighted by molar-refractivity contribution is -0.160. The first-order chi connectivity index (χ1) is 10.8. The summed E-state index contributed by atoms with van der Waals surface area (Å²) < 4.78 is 5.55. The Bertz CT molecular complexity index is 667. The second-order valence-corrected chi connectivity index (χ2v) is 7.10. The Morgan fingerprint density at radius 1 is 0.913 bits per heavy atom. The van der Waals surface area contributed by atoms with Crippen molar-refractivity contribution >= 4 is 5.97 Å². The van der Waals surface area contributed by atoms with E-state index in [1.165, 1.54) is 0 Å². The van der Waals surface area contributed by atoms with Gasteiger partial charge in [-0.15, -0.1) is 0 Å². The van der Waals surface area contributed by atoms with Gasteiger partial charge in [0.25, 0.3) is 0 Å². The highest BCUT2D eigenvalue weighted by atomic mass is 16.6. The molecule has 0 radical (unpaired) electrons. The third-order valence-corrected chi connectivity index (χ3v) is 4.78. The van der Waals surface area contributed by atoms with Crippen LogP contribution in [-0.2, 0) is 15.1 Å². The summed E-state index contributed by atoms with van der Waals surface area (Å²) in [4.78, 5) is 12.7. The highest BCUT2D eigenvalue weighted by Gasteiger charge is 2.62. The molecule has 3 rings (SSSR count). The molecule has 0 amide bonds. The smallest absolute Gasteiger partial charge is 0.316 e. The fourth-order valence-corrected chi connectivity index (χ4v) is 3.76. The van der Waals surface area contributed by atoms with Crippen LogP contribution in [0.5, 0.6) is 0 Å². The van der Waals surface area contributed by atoms with E-state index in [1.54, 1.807) is 6.92 Å². The van der Waals surface area contributed by atoms with Crippen molar-refractivity contribution in [3.05, 3.63) is 71.8 Å². The summed E-state index contributed by atoms with van der Waals surface area (Å²) in [5.74, 6) is -0.363. The predicted molar refractivity (Wildman–Crippen MR) is 88.8 cm³/mol. The maximum absolute atomic E-state index is 12.7. The molecule has 3 heteroatoms. The molecule has 0 unspecified atom stereocenters. The lowest BCUT2D eigenvalue weighted by atomic mass is 9.63. The third kappa shape index (κ3) is 2.36. The molecular formula is C20H22O3. The molecule has 2 aromatic carbocycles. The monoisotopic (exact) mass is 310 g/mol. The molecule has 1 fully saturated rings. The summed E-state index contributed by atoms with van der Waals surface area (Å²) in [7, 11) is 0. The molecule has 1 atom stereocenters. The highest BCUT2D eigenvalue weighted by molar-refractivity contribution is 5.82. The Morgan fingerprint density at radius 2 is 1.35 bits per heavy atom. The molecule has 1 N–H and O–H groups in total. The summed E-state index contributed by atoms with van der Waals surface area (Å²) in [6.07, 6.45) is 0.444. The van der Waals surface area contributed by atoms with Gasteiger partial charge in [-0.25, -0.2) is 0 Å². The first-order valence-electron chi connectivity index (χ1n) is 7.86. The van der Waals surface area contributed by atoms with Gasteiger partial charge in [0.05, 0.1) is 0 Å². The van der Waals surface area contributed by atoms with E-state index in [-0.39, 0.29) is 5.97 Å². The van der Waals surface area contributed by atoms with Crippen LogP contribution >= 0.6 is 0 Å². The molecule has 0 aromatic heterocycles. The van der Waals surface area contributed by atoms with Crippen LogP contribution in [0.3, 0.4) is 0 Å². The fraction of sp³-hybridized carbons (Fsp3) is 0.350. The number of esters is 1. The summed E-state index contributed by atoms with van der Waals surface area (Å²) in [5.41, 5.74) is -1.70. The number of rotatable bonds is 3. The Kier molecular flexibility index (Phi) is 3.56. The standard InChI is InChI=1S/C20H22O3/c1-18(2)14-19(3,17(21)23-18)20(22,15-10-6-4-7-11-15)16-12-8-5-9-13-16/h4-13,22H,14H2,1-3H3/t19-/m0/s1. The minimum Gasteiger partial charge on any atom is -0.459 e. The van der Waals surface area contributed by atoms with Gasteiger partial charge in [0, 0.05) is 6.42 Å². The van der Waals surface area contributed by atoms with Crippen LogP contribution in [-0.4, -0.2) is 16.7 Å². The number of aliphatic hydroxyl groups is 1. The number of hydrogen-bond acceptors (Lipinski definition) is 3. The largest absolute Gasteiger partial charge is 0.459 e. The third-order valence-electron chi connectivity index (χ3n) is 4.78. The average Bonchev–Trinajstić information content (AvgIpc) is 2.76. The number of hydrogen-bond donors (Lipinski definition) is 1. The first-order valence-corrected chi connectivity index (χ1v) is 7.86. The summed E-state index contributed by atoms with van der Waals surface area (Å²) >= 11 is 0. The van der Waals surface area contributed by atoms with Crippen molar-refractivity contribution < 1.29 is 14.6 Å². The molecule has 2 aromatic rings. The van der Waals surface area contributed by atoms with Gasteiger partial charge in [-0.1, -0.05) is 60.7 Å². The quantitative estimate of drug-likeness (QED) is 0.880. The Balaban J connectivity index is 2.24. The molecule has 3 nitrogen and oxygen atoms in total. The molecule has 1 heterocycles. The van der Waals surface area contributed by atoms with E-state index in [1.807, 2.05) is 74.5 Å². The van der Waals surface area contributed by atoms with Crippen LogP contribution in [0.1, 0.15) is 38.3 Å². The van der Waals surface area contributed by atoms with E-state index in [0.717, 1.165) is 0 Å². The van der Waals surface area contributed by atoms with Gasteiger partial charge in [-0.3, -0.25) is 4.79 Å². The molecule has 1 aliphatic rings. The zero-order valence-corrected chi connectivity index (χ0v) is 13.7. The van der Waals surface area contributed by atoms with Gasteiger partial charge in [0.2, 0.25) is 0 Å². The van der Waals surface area contributed by atoms with Crippen LogP contribution in [0.4, 0.5) is 0 Å². The second kappa shape index (κ2) is 5.20. The molecule has 0 saturated carbocycles. The predicted octanol–water partition coefficient (Wildman–Crippen LogP) is 3.65. The SMILES string of the molecule is CC1(C)C[C@](C)(C(O)(c2ccccc2)c2ccccc2)C(=O)O1. The van der Waals surface area contributed by atoms with E-state index in [0.29, 0.717) is 17.5 Å². The minimum atomic E-state index is -1.44. The molecular weight excluding hydrogens is 288 g/mol. The Labute approximate surface area is 136 Å². The van der Waals surface area contributed by atoms with Gasteiger partial charge >= 0.3 is 5.97 Å². The van der Waals surface area contributed by atoms with E-state index in [2.05, 4.69) is 0 Å². The van der Waals surface area contributed by atoms with Crippen molar-refractivity contribution in [2.75, 3.05) is 0 Å². The van der Waals surface area contributed by atoms with Gasteiger partial charge in [-0.05, 0) is 31.9 Å². The molecule has 23 heavy (non-hydrogen) atoms. The summed E-state index contributed by atoms with van der Waals surface area (Å²) in [6, 6.07) is 18.7. The number of carbonyl (C=O) groups is 1. The fourth-order valence-electron chi connectivity index (χ4n) is 3.76. The average molecular weight is 310 g/mol. The lowest BCUT2D eigenvalue weighted by Gasteiger charge is -2.41. The maximum atomic E-state index is 12.7. The normalized spacial score (nSPS) is 23.6. The van der Waals surface area contributed by atoms with Crippen molar-refractivity contribution in [1.82, 2.24) is 0 Å². The van der Waals surface area contributed by atoms with Crippen molar-refractivity contribution in [2.45, 2.75) is 38.4 Å². The highest BCUT2D eigenvalue weighted by Crippen LogP contribution is 2.54. The zero-order chi connectivity index (χ0) is 16.7. The Hall–Kier alpha value is -2.13. The summed E-state index contributed by atoms with van der Waals surface area (Å²) in [5, 5.41) is 11.8. The minimum absolute atomic E-state index is 0.363. The first kappa shape index (κ1) is 15.8. The van der Waals surface area contributed by atoms with Crippen LogP contribution in [0, 0.1) is 5.41 Å². The van der Waals surface area contributed by atoms with Crippen molar-refractivity contribution in [2.24, 2.45) is 5.41 Å². The molecule has 0 aliphatic carbocycles. The lowest BCUT2D eigenvalue weighted by Crippen LogP contribution is -2.48. The maximum Gasteiger partial charge on any atom is 0.316 e. The van der Waals surface area contributed by atoms with Crippen LogP contribution in [0.15, 0.2) is 60.7 Å². The number of benzene rings is 2. The molecule has 1 saturated heterocycles. The van der Waals surface area contributed by atoms with Gasteiger partial charge < -0.3 is 9.84 Å². The number of ether oxygens (including phenoxy) is 1. The molecule has 0 spiro atoms. The van der Waals surface area contributed by atoms with Crippen LogP contribution in [0.25, 0.3) is 0 Å². The molecule has 1 aliphatic heterocycles. The van der Waals surface area contributed by atoms with E-state index >= 15 is 0 Å². The second-order valence-electron chi connectivity index (χ2n) is 7.10. The Morgan fingerprint density at radius 3 is 1.70 bits per heavy atom. The van der Waals surface area contributed by atoms with Crippen molar-refractivity contribution in [3.8, 4) is 0 Å².